The normalized spacial score (nSPS) is 25.6. The lowest BCUT2D eigenvalue weighted by Crippen LogP contribution is -2.44. The van der Waals surface area contributed by atoms with Crippen molar-refractivity contribution < 1.29 is 9.53 Å². The average Bonchev–Trinajstić information content (AvgIpc) is 2.15. The highest BCUT2D eigenvalue weighted by molar-refractivity contribution is 5.68. The Kier molecular flexibility index (Phi) is 4.17. The van der Waals surface area contributed by atoms with Gasteiger partial charge in [-0.15, -0.1) is 0 Å². The van der Waals surface area contributed by atoms with Crippen LogP contribution in [-0.4, -0.2) is 17.7 Å². The van der Waals surface area contributed by atoms with E-state index in [0.717, 1.165) is 25.7 Å². The number of alkyl carbamates (subject to hydrolysis) is 1. The van der Waals surface area contributed by atoms with Crippen molar-refractivity contribution in [3.63, 3.8) is 0 Å². The lowest BCUT2D eigenvalue weighted by Gasteiger charge is -2.29. The second kappa shape index (κ2) is 5.20. The van der Waals surface area contributed by atoms with Crippen molar-refractivity contribution in [3.05, 3.63) is 0 Å². The Morgan fingerprint density at radius 2 is 2.00 bits per heavy atom. The summed E-state index contributed by atoms with van der Waals surface area (Å²) in [5, 5.41) is 11.8. The Hall–Kier alpha value is -1.24. The third kappa shape index (κ3) is 4.09. The van der Waals surface area contributed by atoms with Gasteiger partial charge in [-0.1, -0.05) is 12.8 Å². The molecular weight excluding hydrogens is 204 g/mol. The number of ether oxygens (including phenoxy) is 1. The molecule has 0 radical (unpaired) electrons. The van der Waals surface area contributed by atoms with Crippen molar-refractivity contribution in [1.29, 1.82) is 5.26 Å². The summed E-state index contributed by atoms with van der Waals surface area (Å²) in [6, 6.07) is 2.20. The maximum Gasteiger partial charge on any atom is 0.407 e. The zero-order chi connectivity index (χ0) is 12.2. The van der Waals surface area contributed by atoms with E-state index in [0.29, 0.717) is 0 Å². The summed E-state index contributed by atoms with van der Waals surface area (Å²) >= 11 is 0. The summed E-state index contributed by atoms with van der Waals surface area (Å²) in [6.45, 7) is 5.49. The molecule has 0 aromatic heterocycles. The Balaban J connectivity index is 2.46. The molecule has 1 fully saturated rings. The molecule has 1 amide bonds. The molecule has 1 aliphatic carbocycles. The van der Waals surface area contributed by atoms with Crippen LogP contribution in [0.15, 0.2) is 0 Å². The Bertz CT molecular complexity index is 288. The molecule has 90 valence electrons. The fraction of sp³-hybridized carbons (Fsp3) is 0.833. The van der Waals surface area contributed by atoms with Crippen LogP contribution in [-0.2, 0) is 4.74 Å². The van der Waals surface area contributed by atoms with Crippen LogP contribution in [0.25, 0.3) is 0 Å². The topological polar surface area (TPSA) is 62.1 Å². The lowest BCUT2D eigenvalue weighted by atomic mass is 9.86. The van der Waals surface area contributed by atoms with Gasteiger partial charge in [0.25, 0.3) is 0 Å². The number of carbonyl (C=O) groups excluding carboxylic acids is 1. The number of rotatable bonds is 1. The van der Waals surface area contributed by atoms with Gasteiger partial charge in [-0.25, -0.2) is 4.79 Å². The zero-order valence-electron chi connectivity index (χ0n) is 10.2. The van der Waals surface area contributed by atoms with Crippen LogP contribution in [0.5, 0.6) is 0 Å². The van der Waals surface area contributed by atoms with Gasteiger partial charge in [0, 0.05) is 6.04 Å². The minimum atomic E-state index is -0.485. The van der Waals surface area contributed by atoms with Crippen molar-refractivity contribution in [2.24, 2.45) is 5.92 Å². The fourth-order valence-corrected chi connectivity index (χ4v) is 1.92. The summed E-state index contributed by atoms with van der Waals surface area (Å²) in [6.07, 6.45) is 3.47. The first-order valence-corrected chi connectivity index (χ1v) is 5.81. The highest BCUT2D eigenvalue weighted by atomic mass is 16.6. The van der Waals surface area contributed by atoms with Crippen LogP contribution in [0.1, 0.15) is 46.5 Å². The molecule has 0 bridgehead atoms. The smallest absolute Gasteiger partial charge is 0.407 e. The summed E-state index contributed by atoms with van der Waals surface area (Å²) in [5.41, 5.74) is -0.485. The predicted molar refractivity (Wildman–Crippen MR) is 60.7 cm³/mol. The van der Waals surface area contributed by atoms with E-state index in [4.69, 9.17) is 10.00 Å². The van der Waals surface area contributed by atoms with Crippen molar-refractivity contribution in [1.82, 2.24) is 5.32 Å². The van der Waals surface area contributed by atoms with Crippen LogP contribution < -0.4 is 5.32 Å². The van der Waals surface area contributed by atoms with Crippen LogP contribution in [0.4, 0.5) is 4.79 Å². The van der Waals surface area contributed by atoms with Gasteiger partial charge >= 0.3 is 6.09 Å². The van der Waals surface area contributed by atoms with Gasteiger partial charge in [0.2, 0.25) is 0 Å². The number of nitrogens with zero attached hydrogens (tertiary/aromatic N) is 1. The summed E-state index contributed by atoms with van der Waals surface area (Å²) in [7, 11) is 0. The lowest BCUT2D eigenvalue weighted by molar-refractivity contribution is 0.0481. The van der Waals surface area contributed by atoms with Crippen molar-refractivity contribution in [2.45, 2.75) is 58.1 Å². The highest BCUT2D eigenvalue weighted by Crippen LogP contribution is 2.24. The molecule has 1 saturated carbocycles. The van der Waals surface area contributed by atoms with Gasteiger partial charge in [0.05, 0.1) is 12.0 Å². The molecule has 1 aliphatic rings. The van der Waals surface area contributed by atoms with E-state index in [1.54, 1.807) is 0 Å². The van der Waals surface area contributed by atoms with E-state index in [1.165, 1.54) is 0 Å². The Morgan fingerprint density at radius 3 is 2.56 bits per heavy atom. The van der Waals surface area contributed by atoms with Gasteiger partial charge in [0.1, 0.15) is 5.60 Å². The molecule has 0 heterocycles. The first-order chi connectivity index (χ1) is 7.42. The van der Waals surface area contributed by atoms with Gasteiger partial charge in [-0.2, -0.15) is 5.26 Å². The summed E-state index contributed by atoms with van der Waals surface area (Å²) in [5.74, 6) is -0.0683. The second-order valence-electron chi connectivity index (χ2n) is 5.27. The van der Waals surface area contributed by atoms with Crippen molar-refractivity contribution in [2.75, 3.05) is 0 Å². The first kappa shape index (κ1) is 12.8. The van der Waals surface area contributed by atoms with Crippen LogP contribution >= 0.6 is 0 Å². The van der Waals surface area contributed by atoms with E-state index in [-0.39, 0.29) is 12.0 Å². The molecular formula is C12H20N2O2. The van der Waals surface area contributed by atoms with E-state index in [1.807, 2.05) is 20.8 Å². The maximum absolute atomic E-state index is 11.5. The molecule has 0 aliphatic heterocycles. The molecule has 1 N–H and O–H groups in total. The van der Waals surface area contributed by atoms with E-state index in [9.17, 15) is 4.79 Å². The van der Waals surface area contributed by atoms with Gasteiger partial charge in [0.15, 0.2) is 0 Å². The molecule has 1 rings (SSSR count). The molecule has 0 spiro atoms. The number of carbonyl (C=O) groups is 1. The second-order valence-corrected chi connectivity index (χ2v) is 5.27. The number of nitriles is 1. The highest BCUT2D eigenvalue weighted by Gasteiger charge is 2.28. The Morgan fingerprint density at radius 1 is 1.38 bits per heavy atom. The largest absolute Gasteiger partial charge is 0.444 e. The number of hydrogen-bond acceptors (Lipinski definition) is 3. The summed E-state index contributed by atoms with van der Waals surface area (Å²) in [4.78, 5) is 11.5. The zero-order valence-corrected chi connectivity index (χ0v) is 10.2. The first-order valence-electron chi connectivity index (χ1n) is 5.81. The average molecular weight is 224 g/mol. The van der Waals surface area contributed by atoms with E-state index >= 15 is 0 Å². The molecule has 0 saturated heterocycles. The fourth-order valence-electron chi connectivity index (χ4n) is 1.92. The van der Waals surface area contributed by atoms with Crippen LogP contribution in [0.3, 0.4) is 0 Å². The molecule has 0 aromatic carbocycles. The van der Waals surface area contributed by atoms with Gasteiger partial charge in [-0.3, -0.25) is 0 Å². The van der Waals surface area contributed by atoms with Crippen LogP contribution in [0.2, 0.25) is 0 Å². The molecule has 4 heteroatoms. The molecule has 16 heavy (non-hydrogen) atoms. The Labute approximate surface area is 97.0 Å². The summed E-state index contributed by atoms with van der Waals surface area (Å²) < 4.78 is 5.17. The quantitative estimate of drug-likeness (QED) is 0.744. The minimum absolute atomic E-state index is 0.0476. The minimum Gasteiger partial charge on any atom is -0.444 e. The number of nitrogens with one attached hydrogen (secondary N) is 1. The molecule has 0 aromatic rings. The van der Waals surface area contributed by atoms with Gasteiger partial charge < -0.3 is 10.1 Å². The monoisotopic (exact) mass is 224 g/mol. The molecule has 4 nitrogen and oxygen atoms in total. The SMILES string of the molecule is CC(C)(C)OC(=O)N[C@@H]1CCCCC1C#N. The standard InChI is InChI=1S/C12H20N2O2/c1-12(2,3)16-11(15)14-10-7-5-4-6-9(10)8-13/h9-10H,4-7H2,1-3H3,(H,14,15)/t9?,10-/m1/s1. The van der Waals surface area contributed by atoms with E-state index < -0.39 is 11.7 Å². The third-order valence-electron chi connectivity index (χ3n) is 2.63. The molecule has 2 atom stereocenters. The predicted octanol–water partition coefficient (Wildman–Crippen LogP) is 2.59. The van der Waals surface area contributed by atoms with Crippen molar-refractivity contribution in [3.8, 4) is 6.07 Å². The number of hydrogen-bond donors (Lipinski definition) is 1. The van der Waals surface area contributed by atoms with Crippen molar-refractivity contribution >= 4 is 6.09 Å². The molecule has 1 unspecified atom stereocenters. The van der Waals surface area contributed by atoms with Gasteiger partial charge in [-0.05, 0) is 33.6 Å². The maximum atomic E-state index is 11.5. The third-order valence-corrected chi connectivity index (χ3v) is 2.63. The number of amides is 1. The van der Waals surface area contributed by atoms with E-state index in [2.05, 4.69) is 11.4 Å². The van der Waals surface area contributed by atoms with Crippen LogP contribution in [0, 0.1) is 17.2 Å².